The zero-order chi connectivity index (χ0) is 46.0. The lowest BCUT2D eigenvalue weighted by Crippen LogP contribution is -2.29. The van der Waals surface area contributed by atoms with Gasteiger partial charge in [0, 0.05) is 19.4 Å². The molecule has 0 aromatic carbocycles. The SMILES string of the molecule is CCCCCCC/C=C\C/C=C\C/C=C\CCCCCCCCCCCCCCCCCCCCCCCCC(=O)OC(COC(=O)CCCCCCC)COP(=O)(O)OCCN. The fourth-order valence-electron chi connectivity index (χ4n) is 7.59. The van der Waals surface area contributed by atoms with Gasteiger partial charge in [0.25, 0.3) is 0 Å². The number of phosphoric ester groups is 1. The molecule has 9 nitrogen and oxygen atoms in total. The molecule has 0 amide bonds. The highest BCUT2D eigenvalue weighted by Gasteiger charge is 2.26. The molecule has 10 heteroatoms. The molecule has 0 radical (unpaired) electrons. The predicted octanol–water partition coefficient (Wildman–Crippen LogP) is 16.1. The van der Waals surface area contributed by atoms with E-state index >= 15 is 0 Å². The summed E-state index contributed by atoms with van der Waals surface area (Å²) in [6, 6.07) is 0. The number of hydrogen-bond acceptors (Lipinski definition) is 8. The van der Waals surface area contributed by atoms with Crippen LogP contribution in [0.3, 0.4) is 0 Å². The van der Waals surface area contributed by atoms with Crippen LogP contribution >= 0.6 is 7.82 Å². The van der Waals surface area contributed by atoms with Gasteiger partial charge in [-0.25, -0.2) is 4.57 Å². The van der Waals surface area contributed by atoms with Gasteiger partial charge in [0.2, 0.25) is 0 Å². The topological polar surface area (TPSA) is 134 Å². The van der Waals surface area contributed by atoms with Crippen molar-refractivity contribution >= 4 is 19.8 Å². The monoisotopic (exact) mass is 910 g/mol. The maximum atomic E-state index is 12.6. The molecule has 0 aliphatic carbocycles. The summed E-state index contributed by atoms with van der Waals surface area (Å²) >= 11 is 0. The van der Waals surface area contributed by atoms with Crippen LogP contribution in [0.2, 0.25) is 0 Å². The molecule has 2 atom stereocenters. The fourth-order valence-corrected chi connectivity index (χ4v) is 8.35. The summed E-state index contributed by atoms with van der Waals surface area (Å²) in [6.45, 7) is 3.64. The number of carbonyl (C=O) groups is 2. The third kappa shape index (κ3) is 49.5. The molecule has 0 saturated carbocycles. The highest BCUT2D eigenvalue weighted by atomic mass is 31.2. The molecule has 0 rings (SSSR count). The molecular weight excluding hydrogens is 810 g/mol. The lowest BCUT2D eigenvalue weighted by molar-refractivity contribution is -0.161. The first-order chi connectivity index (χ1) is 30.8. The lowest BCUT2D eigenvalue weighted by Gasteiger charge is -2.19. The van der Waals surface area contributed by atoms with Gasteiger partial charge >= 0.3 is 19.8 Å². The van der Waals surface area contributed by atoms with Crippen LogP contribution in [0.15, 0.2) is 36.5 Å². The van der Waals surface area contributed by atoms with E-state index in [4.69, 9.17) is 24.3 Å². The van der Waals surface area contributed by atoms with E-state index in [1.807, 2.05) is 0 Å². The molecule has 0 heterocycles. The zero-order valence-corrected chi connectivity index (χ0v) is 42.0. The van der Waals surface area contributed by atoms with Crippen molar-refractivity contribution in [1.29, 1.82) is 0 Å². The van der Waals surface area contributed by atoms with Gasteiger partial charge in [0.05, 0.1) is 13.2 Å². The van der Waals surface area contributed by atoms with Crippen LogP contribution in [-0.4, -0.2) is 49.3 Å². The second kappa shape index (κ2) is 49.7. The first kappa shape index (κ1) is 61.2. The molecule has 0 aliphatic heterocycles. The fraction of sp³-hybridized carbons (Fsp3) is 0.849. The Morgan fingerprint density at radius 3 is 1.22 bits per heavy atom. The van der Waals surface area contributed by atoms with Crippen LogP contribution in [0, 0.1) is 0 Å². The predicted molar refractivity (Wildman–Crippen MR) is 266 cm³/mol. The van der Waals surface area contributed by atoms with E-state index < -0.39 is 32.5 Å². The summed E-state index contributed by atoms with van der Waals surface area (Å²) < 4.78 is 32.6. The maximum Gasteiger partial charge on any atom is 0.472 e. The normalized spacial score (nSPS) is 13.4. The van der Waals surface area contributed by atoms with Gasteiger partial charge in [-0.2, -0.15) is 0 Å². The Balaban J connectivity index is 3.65. The van der Waals surface area contributed by atoms with Crippen molar-refractivity contribution < 1.29 is 37.6 Å². The van der Waals surface area contributed by atoms with E-state index in [1.54, 1.807) is 0 Å². The average molecular weight is 910 g/mol. The molecule has 0 aliphatic rings. The summed E-state index contributed by atoms with van der Waals surface area (Å²) in [5.41, 5.74) is 5.33. The van der Waals surface area contributed by atoms with Gasteiger partial charge in [-0.05, 0) is 51.4 Å². The first-order valence-electron chi connectivity index (χ1n) is 26.5. The van der Waals surface area contributed by atoms with E-state index in [1.165, 1.54) is 167 Å². The van der Waals surface area contributed by atoms with Crippen molar-refractivity contribution in [2.75, 3.05) is 26.4 Å². The van der Waals surface area contributed by atoms with Gasteiger partial charge in [-0.1, -0.05) is 230 Å². The summed E-state index contributed by atoms with van der Waals surface area (Å²) in [5, 5.41) is 0. The molecule has 0 fully saturated rings. The average Bonchev–Trinajstić information content (AvgIpc) is 3.27. The smallest absolute Gasteiger partial charge is 0.462 e. The number of ether oxygens (including phenoxy) is 2. The summed E-state index contributed by atoms with van der Waals surface area (Å²) in [4.78, 5) is 34.6. The highest BCUT2D eigenvalue weighted by Crippen LogP contribution is 2.43. The minimum absolute atomic E-state index is 0.0554. The minimum atomic E-state index is -4.36. The molecular formula is C53H100NO8P. The van der Waals surface area contributed by atoms with Crippen molar-refractivity contribution in [3.63, 3.8) is 0 Å². The summed E-state index contributed by atoms with van der Waals surface area (Å²) in [7, 11) is -4.36. The van der Waals surface area contributed by atoms with Crippen molar-refractivity contribution in [3.05, 3.63) is 36.5 Å². The standard InChI is InChI=1S/C53H100NO8P/c1-3-5-7-9-10-11-12-13-14-15-16-17-18-19-20-21-22-23-24-25-26-27-28-29-30-31-32-33-34-35-36-37-38-39-40-42-44-46-53(56)62-51(50-61-63(57,58)60-48-47-54)49-59-52(55)45-43-41-8-6-4-2/h12-13,15-16,18-19,51H,3-11,14,17,20-50,54H2,1-2H3,(H,57,58)/b13-12-,16-15-,19-18-. The van der Waals surface area contributed by atoms with Gasteiger partial charge in [0.1, 0.15) is 6.61 Å². The van der Waals surface area contributed by atoms with Crippen LogP contribution in [0.25, 0.3) is 0 Å². The maximum absolute atomic E-state index is 12.6. The molecule has 370 valence electrons. The molecule has 2 unspecified atom stereocenters. The molecule has 63 heavy (non-hydrogen) atoms. The lowest BCUT2D eigenvalue weighted by atomic mass is 10.0. The molecule has 0 bridgehead atoms. The molecule has 0 spiro atoms. The van der Waals surface area contributed by atoms with E-state index in [0.29, 0.717) is 6.42 Å². The molecule has 0 aromatic heterocycles. The van der Waals surface area contributed by atoms with E-state index in [0.717, 1.165) is 57.8 Å². The van der Waals surface area contributed by atoms with Crippen molar-refractivity contribution in [2.45, 2.75) is 264 Å². The molecule has 0 aromatic rings. The van der Waals surface area contributed by atoms with E-state index in [-0.39, 0.29) is 32.6 Å². The minimum Gasteiger partial charge on any atom is -0.462 e. The van der Waals surface area contributed by atoms with Crippen molar-refractivity contribution in [2.24, 2.45) is 5.73 Å². The summed E-state index contributed by atoms with van der Waals surface area (Å²) in [6.07, 6.45) is 58.5. The number of phosphoric acid groups is 1. The van der Waals surface area contributed by atoms with Crippen LogP contribution in [-0.2, 0) is 32.7 Å². The largest absolute Gasteiger partial charge is 0.472 e. The van der Waals surface area contributed by atoms with Crippen molar-refractivity contribution in [3.8, 4) is 0 Å². The summed E-state index contributed by atoms with van der Waals surface area (Å²) in [5.74, 6) is -0.833. The zero-order valence-electron chi connectivity index (χ0n) is 41.1. The quantitative estimate of drug-likeness (QED) is 0.0265. The van der Waals surface area contributed by atoms with Crippen LogP contribution in [0.4, 0.5) is 0 Å². The Bertz CT molecular complexity index is 1130. The van der Waals surface area contributed by atoms with Crippen LogP contribution in [0.1, 0.15) is 258 Å². The third-order valence-electron chi connectivity index (χ3n) is 11.5. The number of nitrogens with two attached hydrogens (primary N) is 1. The second-order valence-corrected chi connectivity index (χ2v) is 19.2. The Morgan fingerprint density at radius 1 is 0.476 bits per heavy atom. The molecule has 3 N–H and O–H groups in total. The highest BCUT2D eigenvalue weighted by molar-refractivity contribution is 7.47. The van der Waals surface area contributed by atoms with Gasteiger partial charge < -0.3 is 20.1 Å². The Hall–Kier alpha value is -1.77. The van der Waals surface area contributed by atoms with Gasteiger partial charge in [-0.3, -0.25) is 18.6 Å². The Morgan fingerprint density at radius 2 is 0.825 bits per heavy atom. The van der Waals surface area contributed by atoms with Crippen LogP contribution in [0.5, 0.6) is 0 Å². The number of rotatable bonds is 50. The number of esters is 2. The number of unbranched alkanes of at least 4 members (excludes halogenated alkanes) is 31. The van der Waals surface area contributed by atoms with Crippen LogP contribution < -0.4 is 5.73 Å². The Kier molecular flexibility index (Phi) is 48.3. The van der Waals surface area contributed by atoms with Gasteiger partial charge in [-0.15, -0.1) is 0 Å². The van der Waals surface area contributed by atoms with Crippen molar-refractivity contribution in [1.82, 2.24) is 0 Å². The number of hydrogen-bond donors (Lipinski definition) is 2. The molecule has 0 saturated heterocycles. The first-order valence-corrected chi connectivity index (χ1v) is 28.0. The van der Waals surface area contributed by atoms with E-state index in [2.05, 4.69) is 50.3 Å². The van der Waals surface area contributed by atoms with Gasteiger partial charge in [0.15, 0.2) is 6.10 Å². The third-order valence-corrected chi connectivity index (χ3v) is 12.5. The second-order valence-electron chi connectivity index (χ2n) is 17.8. The number of allylic oxidation sites excluding steroid dienone is 6. The number of carbonyl (C=O) groups excluding carboxylic acids is 2. The van der Waals surface area contributed by atoms with E-state index in [9.17, 15) is 19.0 Å². The Labute approximate surface area is 388 Å².